The highest BCUT2D eigenvalue weighted by Gasteiger charge is 2.40. The molecule has 2 fully saturated rings. The summed E-state index contributed by atoms with van der Waals surface area (Å²) in [5.74, 6) is 0.548. The van der Waals surface area contributed by atoms with Gasteiger partial charge in [0.2, 0.25) is 0 Å². The van der Waals surface area contributed by atoms with Gasteiger partial charge in [-0.25, -0.2) is 8.42 Å². The normalized spacial score (nSPS) is 25.3. The van der Waals surface area contributed by atoms with Gasteiger partial charge in [-0.05, 0) is 62.4 Å². The Morgan fingerprint density at radius 2 is 1.90 bits per heavy atom. The topological polar surface area (TPSA) is 55.4 Å². The Morgan fingerprint density at radius 1 is 1.24 bits per heavy atom. The number of hydrogen-bond donors (Lipinski definition) is 1. The third-order valence-electron chi connectivity index (χ3n) is 4.68. The highest BCUT2D eigenvalue weighted by Crippen LogP contribution is 2.38. The smallest absolute Gasteiger partial charge is 0.175 e. The van der Waals surface area contributed by atoms with Crippen LogP contribution in [0.5, 0.6) is 0 Å². The molecule has 5 heteroatoms. The van der Waals surface area contributed by atoms with E-state index in [0.29, 0.717) is 10.8 Å². The lowest BCUT2D eigenvalue weighted by molar-refractivity contribution is -0.0196. The fourth-order valence-corrected chi connectivity index (χ4v) is 4.14. The van der Waals surface area contributed by atoms with Gasteiger partial charge in [0.15, 0.2) is 9.84 Å². The van der Waals surface area contributed by atoms with Gasteiger partial charge in [-0.1, -0.05) is 12.1 Å². The van der Waals surface area contributed by atoms with E-state index in [1.165, 1.54) is 11.8 Å². The molecule has 2 aliphatic rings. The van der Waals surface area contributed by atoms with E-state index in [9.17, 15) is 8.42 Å². The highest BCUT2D eigenvalue weighted by molar-refractivity contribution is 7.90. The van der Waals surface area contributed by atoms with Crippen LogP contribution < -0.4 is 5.32 Å². The quantitative estimate of drug-likeness (QED) is 0.925. The molecule has 0 saturated carbocycles. The van der Waals surface area contributed by atoms with Gasteiger partial charge in [-0.15, -0.1) is 0 Å². The first-order valence-electron chi connectivity index (χ1n) is 7.61. The minimum Gasteiger partial charge on any atom is -0.375 e. The molecule has 0 aromatic heterocycles. The zero-order valence-electron chi connectivity index (χ0n) is 12.5. The molecular weight excluding hydrogens is 286 g/mol. The summed E-state index contributed by atoms with van der Waals surface area (Å²) in [6.45, 7) is 2.93. The molecule has 1 unspecified atom stereocenters. The van der Waals surface area contributed by atoms with Gasteiger partial charge in [0, 0.05) is 6.26 Å². The summed E-state index contributed by atoms with van der Waals surface area (Å²) in [6, 6.07) is 7.29. The lowest BCUT2D eigenvalue weighted by Gasteiger charge is -2.33. The van der Waals surface area contributed by atoms with Crippen molar-refractivity contribution in [2.75, 3.05) is 26.0 Å². The van der Waals surface area contributed by atoms with E-state index in [1.807, 2.05) is 12.1 Å². The highest BCUT2D eigenvalue weighted by atomic mass is 32.2. The molecule has 1 aromatic carbocycles. The van der Waals surface area contributed by atoms with E-state index in [-0.39, 0.29) is 5.60 Å². The van der Waals surface area contributed by atoms with Crippen LogP contribution in [0.2, 0.25) is 0 Å². The molecule has 1 N–H and O–H groups in total. The van der Waals surface area contributed by atoms with E-state index < -0.39 is 9.84 Å². The molecular formula is C16H23NO3S. The van der Waals surface area contributed by atoms with Gasteiger partial charge in [-0.2, -0.15) is 0 Å². The largest absolute Gasteiger partial charge is 0.375 e. The fourth-order valence-electron chi connectivity index (χ4n) is 3.51. The van der Waals surface area contributed by atoms with E-state index in [2.05, 4.69) is 5.32 Å². The van der Waals surface area contributed by atoms with Crippen molar-refractivity contribution < 1.29 is 13.2 Å². The van der Waals surface area contributed by atoms with Crippen molar-refractivity contribution in [3.8, 4) is 0 Å². The van der Waals surface area contributed by atoms with Crippen LogP contribution in [-0.2, 0) is 21.0 Å². The minimum absolute atomic E-state index is 0.0998. The van der Waals surface area contributed by atoms with Crippen LogP contribution in [0.3, 0.4) is 0 Å². The summed E-state index contributed by atoms with van der Waals surface area (Å²) >= 11 is 0. The van der Waals surface area contributed by atoms with Gasteiger partial charge >= 0.3 is 0 Å². The first kappa shape index (κ1) is 15.0. The van der Waals surface area contributed by atoms with E-state index in [0.717, 1.165) is 45.4 Å². The Morgan fingerprint density at radius 3 is 2.52 bits per heavy atom. The molecule has 3 rings (SSSR count). The van der Waals surface area contributed by atoms with Crippen LogP contribution in [0.15, 0.2) is 29.2 Å². The molecule has 1 aromatic rings. The number of ether oxygens (including phenoxy) is 1. The van der Waals surface area contributed by atoms with E-state index >= 15 is 0 Å². The molecule has 0 radical (unpaired) electrons. The number of piperidine rings is 1. The first-order valence-corrected chi connectivity index (χ1v) is 9.50. The summed E-state index contributed by atoms with van der Waals surface area (Å²) in [5.41, 5.74) is 1.30. The fraction of sp³-hybridized carbons (Fsp3) is 0.625. The van der Waals surface area contributed by atoms with Crippen molar-refractivity contribution in [2.24, 2.45) is 5.92 Å². The van der Waals surface area contributed by atoms with Gasteiger partial charge in [0.05, 0.1) is 17.1 Å². The predicted octanol–water partition coefficient (Wildman–Crippen LogP) is 1.79. The third kappa shape index (κ3) is 3.47. The molecule has 2 heterocycles. The average molecular weight is 309 g/mol. The Labute approximate surface area is 126 Å². The molecule has 1 spiro atoms. The van der Waals surface area contributed by atoms with Crippen LogP contribution in [0.25, 0.3) is 0 Å². The zero-order chi connectivity index (χ0) is 14.9. The van der Waals surface area contributed by atoms with Gasteiger partial charge in [-0.3, -0.25) is 0 Å². The molecule has 116 valence electrons. The maximum Gasteiger partial charge on any atom is 0.175 e. The molecule has 0 aliphatic carbocycles. The molecule has 1 atom stereocenters. The molecule has 0 bridgehead atoms. The van der Waals surface area contributed by atoms with E-state index in [4.69, 9.17) is 4.74 Å². The van der Waals surface area contributed by atoms with Crippen molar-refractivity contribution in [3.63, 3.8) is 0 Å². The van der Waals surface area contributed by atoms with Crippen LogP contribution in [0, 0.1) is 5.92 Å². The number of sulfone groups is 1. The second-order valence-electron chi connectivity index (χ2n) is 6.43. The standard InChI is InChI=1S/C16H23NO3S/c1-21(18,19)15-4-2-13(3-5-15)10-14-11-16(20-12-14)6-8-17-9-7-16/h2-5,14,17H,6-12H2,1H3. The molecule has 4 nitrogen and oxygen atoms in total. The number of hydrogen-bond acceptors (Lipinski definition) is 4. The Bertz CT molecular complexity index is 588. The minimum atomic E-state index is -3.10. The predicted molar refractivity (Wildman–Crippen MR) is 82.1 cm³/mol. The van der Waals surface area contributed by atoms with Gasteiger partial charge < -0.3 is 10.1 Å². The van der Waals surface area contributed by atoms with Gasteiger partial charge in [0.25, 0.3) is 0 Å². The van der Waals surface area contributed by atoms with Crippen molar-refractivity contribution in [3.05, 3.63) is 29.8 Å². The lowest BCUT2D eigenvalue weighted by atomic mass is 9.84. The van der Waals surface area contributed by atoms with Gasteiger partial charge in [0.1, 0.15) is 0 Å². The van der Waals surface area contributed by atoms with Crippen molar-refractivity contribution in [2.45, 2.75) is 36.2 Å². The average Bonchev–Trinajstić information content (AvgIpc) is 2.82. The number of nitrogens with one attached hydrogen (secondary N) is 1. The lowest BCUT2D eigenvalue weighted by Crippen LogP contribution is -2.41. The molecule has 2 saturated heterocycles. The molecule has 0 amide bonds. The van der Waals surface area contributed by atoms with Crippen molar-refractivity contribution >= 4 is 9.84 Å². The Hall–Kier alpha value is -0.910. The molecule has 2 aliphatic heterocycles. The summed E-state index contributed by atoms with van der Waals surface area (Å²) in [7, 11) is -3.10. The molecule has 21 heavy (non-hydrogen) atoms. The summed E-state index contributed by atoms with van der Waals surface area (Å²) in [6.07, 6.45) is 5.56. The van der Waals surface area contributed by atoms with Crippen molar-refractivity contribution in [1.82, 2.24) is 5.32 Å². The summed E-state index contributed by atoms with van der Waals surface area (Å²) < 4.78 is 29.0. The van der Waals surface area contributed by atoms with Crippen LogP contribution in [0.1, 0.15) is 24.8 Å². The third-order valence-corrected chi connectivity index (χ3v) is 5.81. The summed E-state index contributed by atoms with van der Waals surface area (Å²) in [5, 5.41) is 3.38. The van der Waals surface area contributed by atoms with Crippen molar-refractivity contribution in [1.29, 1.82) is 0 Å². The zero-order valence-corrected chi connectivity index (χ0v) is 13.3. The summed E-state index contributed by atoms with van der Waals surface area (Å²) in [4.78, 5) is 0.392. The second kappa shape index (κ2) is 5.71. The Kier molecular flexibility index (Phi) is 4.08. The van der Waals surface area contributed by atoms with Crippen LogP contribution in [0.4, 0.5) is 0 Å². The number of benzene rings is 1. The monoisotopic (exact) mass is 309 g/mol. The van der Waals surface area contributed by atoms with Crippen LogP contribution in [-0.4, -0.2) is 40.0 Å². The van der Waals surface area contributed by atoms with Crippen LogP contribution >= 0.6 is 0 Å². The Balaban J connectivity index is 1.62. The maximum atomic E-state index is 11.5. The van der Waals surface area contributed by atoms with E-state index in [1.54, 1.807) is 12.1 Å². The maximum absolute atomic E-state index is 11.5. The first-order chi connectivity index (χ1) is 9.97. The second-order valence-corrected chi connectivity index (χ2v) is 8.45. The SMILES string of the molecule is CS(=O)(=O)c1ccc(CC2COC3(CCNCC3)C2)cc1. The number of rotatable bonds is 3.